The second-order valence-electron chi connectivity index (χ2n) is 9.93. The van der Waals surface area contributed by atoms with Crippen LogP contribution in [-0.2, 0) is 11.0 Å². The van der Waals surface area contributed by atoms with Crippen LogP contribution in [0.4, 0.5) is 11.4 Å². The molecule has 1 aliphatic rings. The molecule has 0 spiro atoms. The number of para-hydroxylation sites is 1. The first kappa shape index (κ1) is 22.1. The summed E-state index contributed by atoms with van der Waals surface area (Å²) in [5, 5.41) is 3.66. The van der Waals surface area contributed by atoms with Crippen LogP contribution in [0.1, 0.15) is 65.2 Å². The van der Waals surface area contributed by atoms with Gasteiger partial charge in [-0.05, 0) is 63.3 Å². The molecule has 4 nitrogen and oxygen atoms in total. The van der Waals surface area contributed by atoms with E-state index in [1.807, 2.05) is 7.05 Å². The highest BCUT2D eigenvalue weighted by atomic mass is 15.3. The second kappa shape index (κ2) is 7.90. The van der Waals surface area contributed by atoms with Crippen molar-refractivity contribution >= 4 is 23.0 Å². The fourth-order valence-electron chi connectivity index (χ4n) is 4.11. The molecule has 0 unspecified atom stereocenters. The zero-order chi connectivity index (χ0) is 22.3. The third kappa shape index (κ3) is 4.00. The Morgan fingerprint density at radius 1 is 1.03 bits per heavy atom. The first-order chi connectivity index (χ1) is 14.0. The minimum atomic E-state index is -0.325. The number of hydrogen-bond donors (Lipinski definition) is 1. The van der Waals surface area contributed by atoms with Crippen molar-refractivity contribution in [2.24, 2.45) is 9.98 Å². The van der Waals surface area contributed by atoms with Gasteiger partial charge in [-0.15, -0.1) is 0 Å². The molecule has 2 aromatic rings. The summed E-state index contributed by atoms with van der Waals surface area (Å²) in [6, 6.07) is 15.4. The highest BCUT2D eigenvalue weighted by molar-refractivity contribution is 6.50. The molecule has 0 saturated carbocycles. The largest absolute Gasteiger partial charge is 0.337 e. The molecular formula is C26H36N4. The molecule has 4 heteroatoms. The summed E-state index contributed by atoms with van der Waals surface area (Å²) in [6.07, 6.45) is 0. The van der Waals surface area contributed by atoms with Gasteiger partial charge >= 0.3 is 0 Å². The van der Waals surface area contributed by atoms with Gasteiger partial charge in [0.05, 0.1) is 5.54 Å². The van der Waals surface area contributed by atoms with E-state index in [4.69, 9.17) is 9.98 Å². The van der Waals surface area contributed by atoms with Crippen LogP contribution in [-0.4, -0.2) is 24.8 Å². The molecule has 1 heterocycles. The normalized spacial score (nSPS) is 19.1. The molecule has 1 N–H and O–H groups in total. The van der Waals surface area contributed by atoms with E-state index in [9.17, 15) is 0 Å². The maximum Gasteiger partial charge on any atom is 0.172 e. The van der Waals surface area contributed by atoms with Crippen molar-refractivity contribution < 1.29 is 0 Å². The average Bonchev–Trinajstić information content (AvgIpc) is 2.73. The van der Waals surface area contributed by atoms with Crippen molar-refractivity contribution in [3.63, 3.8) is 0 Å². The van der Waals surface area contributed by atoms with Crippen LogP contribution >= 0.6 is 0 Å². The molecule has 2 aromatic carbocycles. The lowest BCUT2D eigenvalue weighted by molar-refractivity contribution is 0.548. The SMILES string of the molecule is CN=C1C(=NC(C)C)Nc2cc(C(C)(C)C)ccc2C(C)(C)N1c1ccccc1C. The van der Waals surface area contributed by atoms with E-state index in [2.05, 4.69) is 108 Å². The van der Waals surface area contributed by atoms with E-state index < -0.39 is 0 Å². The Labute approximate surface area is 182 Å². The second-order valence-corrected chi connectivity index (χ2v) is 9.93. The Morgan fingerprint density at radius 3 is 2.27 bits per heavy atom. The molecule has 3 rings (SSSR count). The number of nitrogens with one attached hydrogen (secondary N) is 1. The molecule has 0 radical (unpaired) electrons. The van der Waals surface area contributed by atoms with Gasteiger partial charge in [-0.25, -0.2) is 0 Å². The van der Waals surface area contributed by atoms with Gasteiger partial charge in [0.15, 0.2) is 11.7 Å². The van der Waals surface area contributed by atoms with Gasteiger partial charge in [-0.2, -0.15) is 0 Å². The summed E-state index contributed by atoms with van der Waals surface area (Å²) in [5.41, 5.74) is 5.73. The van der Waals surface area contributed by atoms with Gasteiger partial charge in [-0.1, -0.05) is 51.1 Å². The zero-order valence-electron chi connectivity index (χ0n) is 20.0. The summed E-state index contributed by atoms with van der Waals surface area (Å²) in [6.45, 7) is 17.6. The van der Waals surface area contributed by atoms with Gasteiger partial charge in [0.25, 0.3) is 0 Å². The zero-order valence-corrected chi connectivity index (χ0v) is 20.0. The Bertz CT molecular complexity index is 990. The number of nitrogens with zero attached hydrogens (tertiary/aromatic N) is 3. The molecule has 30 heavy (non-hydrogen) atoms. The minimum absolute atomic E-state index is 0.0693. The van der Waals surface area contributed by atoms with E-state index >= 15 is 0 Å². The molecule has 0 aliphatic carbocycles. The van der Waals surface area contributed by atoms with Crippen molar-refractivity contribution in [3.05, 3.63) is 59.2 Å². The molecule has 1 aliphatic heterocycles. The molecule has 0 amide bonds. The minimum Gasteiger partial charge on any atom is -0.337 e. The van der Waals surface area contributed by atoms with Crippen molar-refractivity contribution in [2.75, 3.05) is 17.3 Å². The molecular weight excluding hydrogens is 368 g/mol. The smallest absolute Gasteiger partial charge is 0.172 e. The number of fused-ring (bicyclic) bond motifs is 1. The van der Waals surface area contributed by atoms with Gasteiger partial charge in [0, 0.05) is 30.0 Å². The third-order valence-corrected chi connectivity index (χ3v) is 5.74. The van der Waals surface area contributed by atoms with Gasteiger partial charge in [0.1, 0.15) is 0 Å². The van der Waals surface area contributed by atoms with Crippen molar-refractivity contribution in [2.45, 2.75) is 72.4 Å². The highest BCUT2D eigenvalue weighted by Crippen LogP contribution is 2.42. The number of anilines is 2. The van der Waals surface area contributed by atoms with Crippen LogP contribution < -0.4 is 10.2 Å². The van der Waals surface area contributed by atoms with Crippen molar-refractivity contribution in [1.29, 1.82) is 0 Å². The summed E-state index contributed by atoms with van der Waals surface area (Å²) in [5.74, 6) is 1.67. The first-order valence-corrected chi connectivity index (χ1v) is 10.8. The number of hydrogen-bond acceptors (Lipinski definition) is 2. The van der Waals surface area contributed by atoms with Crippen LogP contribution in [0.5, 0.6) is 0 Å². The monoisotopic (exact) mass is 404 g/mol. The van der Waals surface area contributed by atoms with Crippen LogP contribution in [0, 0.1) is 6.92 Å². The lowest BCUT2D eigenvalue weighted by atomic mass is 9.83. The van der Waals surface area contributed by atoms with Gasteiger partial charge in [-0.3, -0.25) is 9.98 Å². The van der Waals surface area contributed by atoms with E-state index in [0.717, 1.165) is 23.0 Å². The summed E-state index contributed by atoms with van der Waals surface area (Å²) in [7, 11) is 1.85. The fourth-order valence-corrected chi connectivity index (χ4v) is 4.11. The topological polar surface area (TPSA) is 40.0 Å². The molecule has 0 fully saturated rings. The van der Waals surface area contributed by atoms with Gasteiger partial charge < -0.3 is 10.2 Å². The quantitative estimate of drug-likeness (QED) is 0.638. The summed E-state index contributed by atoms with van der Waals surface area (Å²) in [4.78, 5) is 12.0. The van der Waals surface area contributed by atoms with Crippen LogP contribution in [0.3, 0.4) is 0 Å². The van der Waals surface area contributed by atoms with Crippen molar-refractivity contribution in [1.82, 2.24) is 0 Å². The molecule has 0 atom stereocenters. The predicted molar refractivity (Wildman–Crippen MR) is 131 cm³/mol. The van der Waals surface area contributed by atoms with Crippen LogP contribution in [0.25, 0.3) is 0 Å². The Balaban J connectivity index is 2.34. The number of benzene rings is 2. The van der Waals surface area contributed by atoms with E-state index in [0.29, 0.717) is 0 Å². The Hall–Kier alpha value is -2.62. The van der Waals surface area contributed by atoms with Crippen LogP contribution in [0.2, 0.25) is 0 Å². The fraction of sp³-hybridized carbons (Fsp3) is 0.462. The van der Waals surface area contributed by atoms with E-state index in [-0.39, 0.29) is 17.0 Å². The number of rotatable bonds is 2. The average molecular weight is 405 g/mol. The maximum atomic E-state index is 4.94. The third-order valence-electron chi connectivity index (χ3n) is 5.74. The molecule has 160 valence electrons. The van der Waals surface area contributed by atoms with E-state index in [1.54, 1.807) is 0 Å². The lowest BCUT2D eigenvalue weighted by Gasteiger charge is -2.40. The van der Waals surface area contributed by atoms with Gasteiger partial charge in [0.2, 0.25) is 0 Å². The van der Waals surface area contributed by atoms with Crippen molar-refractivity contribution in [3.8, 4) is 0 Å². The summed E-state index contributed by atoms with van der Waals surface area (Å²) >= 11 is 0. The first-order valence-electron chi connectivity index (χ1n) is 10.8. The lowest BCUT2D eigenvalue weighted by Crippen LogP contribution is -2.48. The van der Waals surface area contributed by atoms with E-state index in [1.165, 1.54) is 16.7 Å². The predicted octanol–water partition coefficient (Wildman–Crippen LogP) is 6.29. The Kier molecular flexibility index (Phi) is 5.81. The number of aryl methyl sites for hydroxylation is 1. The summed E-state index contributed by atoms with van der Waals surface area (Å²) < 4.78 is 0. The standard InChI is InChI=1S/C26H36N4/c1-17(2)28-23-24(27-9)30(22-13-11-10-12-18(22)3)26(7,8)20-15-14-19(25(4,5)6)16-21(20)29-23/h10-17H,1-9H3,(H,28,29). The molecule has 0 bridgehead atoms. The number of aliphatic imine (C=N–C) groups is 2. The Morgan fingerprint density at radius 2 is 1.70 bits per heavy atom. The molecule has 0 saturated heterocycles. The molecule has 0 aromatic heterocycles. The maximum absolute atomic E-state index is 4.94. The van der Waals surface area contributed by atoms with Crippen LogP contribution in [0.15, 0.2) is 52.4 Å². The number of amidine groups is 2. The highest BCUT2D eigenvalue weighted by Gasteiger charge is 2.40.